The topological polar surface area (TPSA) is 115 Å². The van der Waals surface area contributed by atoms with Crippen LogP contribution in [0.15, 0.2) is 0 Å². The molecule has 0 aliphatic carbocycles. The fourth-order valence-corrected chi connectivity index (χ4v) is 0.985. The van der Waals surface area contributed by atoms with Crippen molar-refractivity contribution in [3.05, 3.63) is 34.4 Å². The largest absolute Gasteiger partial charge is 0.481 e. The number of aliphatic hydroxyl groups is 2. The van der Waals surface area contributed by atoms with Crippen LogP contribution in [0.4, 0.5) is 17.6 Å². The minimum atomic E-state index is -2.60. The lowest BCUT2D eigenvalue weighted by Gasteiger charge is -2.10. The first-order chi connectivity index (χ1) is 9.84. The van der Waals surface area contributed by atoms with Crippen molar-refractivity contribution in [2.45, 2.75) is 27.1 Å². The van der Waals surface area contributed by atoms with Gasteiger partial charge in [0.15, 0.2) is 29.6 Å². The second-order valence-corrected chi connectivity index (χ2v) is 3.71. The summed E-state index contributed by atoms with van der Waals surface area (Å²) < 4.78 is 51.3. The second kappa shape index (κ2) is 9.68. The third-order valence-electron chi connectivity index (χ3n) is 1.78. The molecule has 0 saturated carbocycles. The lowest BCUT2D eigenvalue weighted by molar-refractivity contribution is -0.135. The van der Waals surface area contributed by atoms with Crippen molar-refractivity contribution >= 4 is 11.9 Å². The van der Waals surface area contributed by atoms with E-state index in [-0.39, 0.29) is 0 Å². The SMILES string of the molecule is CC(=O)O.CC(=O)O.Cc1c(F)c(F)c(C(O)O)c(F)c1F. The number of aliphatic hydroxyl groups excluding tert-OH is 1. The molecule has 0 fully saturated rings. The van der Waals surface area contributed by atoms with Gasteiger partial charge in [-0.25, -0.2) is 17.6 Å². The summed E-state index contributed by atoms with van der Waals surface area (Å²) in [5, 5.41) is 31.8. The number of rotatable bonds is 1. The molecule has 0 aromatic heterocycles. The van der Waals surface area contributed by atoms with Gasteiger partial charge in [-0.1, -0.05) is 0 Å². The molecular formula is C12H14F4O6. The Morgan fingerprint density at radius 3 is 1.23 bits per heavy atom. The second-order valence-electron chi connectivity index (χ2n) is 3.71. The van der Waals surface area contributed by atoms with Gasteiger partial charge in [0, 0.05) is 19.4 Å². The molecule has 1 rings (SSSR count). The van der Waals surface area contributed by atoms with E-state index in [1.54, 1.807) is 0 Å². The molecule has 126 valence electrons. The van der Waals surface area contributed by atoms with E-state index in [9.17, 15) is 17.6 Å². The van der Waals surface area contributed by atoms with Gasteiger partial charge in [-0.05, 0) is 6.92 Å². The summed E-state index contributed by atoms with van der Waals surface area (Å²) in [6.07, 6.45) is -2.60. The zero-order valence-electron chi connectivity index (χ0n) is 11.7. The van der Waals surface area contributed by atoms with Crippen LogP contribution in [0.5, 0.6) is 0 Å². The maximum Gasteiger partial charge on any atom is 0.300 e. The zero-order chi connectivity index (χ0) is 18.2. The number of carbonyl (C=O) groups is 2. The summed E-state index contributed by atoms with van der Waals surface area (Å²) in [6, 6.07) is 0. The van der Waals surface area contributed by atoms with Crippen molar-refractivity contribution in [1.29, 1.82) is 0 Å². The van der Waals surface area contributed by atoms with Crippen LogP contribution in [-0.4, -0.2) is 32.4 Å². The molecule has 1 aromatic carbocycles. The molecule has 0 saturated heterocycles. The Morgan fingerprint density at radius 1 is 0.818 bits per heavy atom. The van der Waals surface area contributed by atoms with E-state index >= 15 is 0 Å². The van der Waals surface area contributed by atoms with Gasteiger partial charge in [-0.3, -0.25) is 9.59 Å². The van der Waals surface area contributed by atoms with Crippen LogP contribution in [-0.2, 0) is 9.59 Å². The predicted octanol–water partition coefficient (Wildman–Crippen LogP) is 1.72. The predicted molar refractivity (Wildman–Crippen MR) is 64.8 cm³/mol. The van der Waals surface area contributed by atoms with Gasteiger partial charge in [-0.2, -0.15) is 0 Å². The highest BCUT2D eigenvalue weighted by Crippen LogP contribution is 2.26. The molecule has 0 atom stereocenters. The number of halogens is 4. The lowest BCUT2D eigenvalue weighted by atomic mass is 10.1. The molecule has 0 radical (unpaired) electrons. The van der Waals surface area contributed by atoms with Crippen LogP contribution in [0.3, 0.4) is 0 Å². The average Bonchev–Trinajstić information content (AvgIpc) is 2.32. The molecule has 0 bridgehead atoms. The van der Waals surface area contributed by atoms with Gasteiger partial charge < -0.3 is 20.4 Å². The number of benzene rings is 1. The maximum atomic E-state index is 12.9. The van der Waals surface area contributed by atoms with Crippen molar-refractivity contribution in [2.24, 2.45) is 0 Å². The highest BCUT2D eigenvalue weighted by molar-refractivity contribution is 5.63. The van der Waals surface area contributed by atoms with Crippen molar-refractivity contribution in [1.82, 2.24) is 0 Å². The Balaban J connectivity index is 0. The molecule has 0 aliphatic rings. The van der Waals surface area contributed by atoms with E-state index in [1.165, 1.54) is 0 Å². The van der Waals surface area contributed by atoms with Crippen molar-refractivity contribution in [2.75, 3.05) is 0 Å². The molecular weight excluding hydrogens is 316 g/mol. The normalized spacial score (nSPS) is 9.36. The number of hydrogen-bond donors (Lipinski definition) is 4. The summed E-state index contributed by atoms with van der Waals surface area (Å²) in [6.45, 7) is 3.00. The molecule has 10 heteroatoms. The van der Waals surface area contributed by atoms with E-state index in [1.807, 2.05) is 0 Å². The third-order valence-corrected chi connectivity index (χ3v) is 1.78. The smallest absolute Gasteiger partial charge is 0.300 e. The molecule has 22 heavy (non-hydrogen) atoms. The molecule has 1 aromatic rings. The highest BCUT2D eigenvalue weighted by Gasteiger charge is 2.26. The first kappa shape index (κ1) is 22.1. The summed E-state index contributed by atoms with van der Waals surface area (Å²) >= 11 is 0. The van der Waals surface area contributed by atoms with E-state index in [0.29, 0.717) is 0 Å². The Hall–Kier alpha value is -2.20. The van der Waals surface area contributed by atoms with Gasteiger partial charge in [-0.15, -0.1) is 0 Å². The van der Waals surface area contributed by atoms with E-state index in [2.05, 4.69) is 0 Å². The van der Waals surface area contributed by atoms with Gasteiger partial charge in [0.1, 0.15) is 0 Å². The Morgan fingerprint density at radius 2 is 1.05 bits per heavy atom. The first-order valence-electron chi connectivity index (χ1n) is 5.42. The zero-order valence-corrected chi connectivity index (χ0v) is 11.7. The van der Waals surface area contributed by atoms with E-state index in [4.69, 9.17) is 30.0 Å². The van der Waals surface area contributed by atoms with Crippen LogP contribution in [0.25, 0.3) is 0 Å². The van der Waals surface area contributed by atoms with Gasteiger partial charge in [0.25, 0.3) is 11.9 Å². The fraction of sp³-hybridized carbons (Fsp3) is 0.333. The molecule has 4 N–H and O–H groups in total. The van der Waals surface area contributed by atoms with Crippen LogP contribution >= 0.6 is 0 Å². The average molecular weight is 330 g/mol. The number of aliphatic carboxylic acids is 2. The molecule has 0 amide bonds. The molecule has 0 heterocycles. The summed E-state index contributed by atoms with van der Waals surface area (Å²) in [5.74, 6) is -8.52. The summed E-state index contributed by atoms with van der Waals surface area (Å²) in [7, 11) is 0. The maximum absolute atomic E-state index is 12.9. The molecule has 6 nitrogen and oxygen atoms in total. The number of carboxylic acids is 2. The van der Waals surface area contributed by atoms with Gasteiger partial charge >= 0.3 is 0 Å². The van der Waals surface area contributed by atoms with Crippen LogP contribution in [0.1, 0.15) is 31.3 Å². The minimum Gasteiger partial charge on any atom is -0.481 e. The Kier molecular flexibility index (Phi) is 9.72. The Bertz CT molecular complexity index is 496. The van der Waals surface area contributed by atoms with Crippen LogP contribution < -0.4 is 0 Å². The number of carboxylic acid groups (broad SMARTS) is 2. The quantitative estimate of drug-likeness (QED) is 0.354. The third kappa shape index (κ3) is 7.55. The lowest BCUT2D eigenvalue weighted by Crippen LogP contribution is -2.10. The molecule has 0 unspecified atom stereocenters. The van der Waals surface area contributed by atoms with E-state index in [0.717, 1.165) is 20.8 Å². The van der Waals surface area contributed by atoms with Gasteiger partial charge in [0.2, 0.25) is 0 Å². The van der Waals surface area contributed by atoms with Crippen molar-refractivity contribution in [3.8, 4) is 0 Å². The fourth-order valence-electron chi connectivity index (χ4n) is 0.985. The monoisotopic (exact) mass is 330 g/mol. The summed E-state index contributed by atoms with van der Waals surface area (Å²) in [5.41, 5.74) is -2.27. The van der Waals surface area contributed by atoms with Crippen molar-refractivity contribution in [3.63, 3.8) is 0 Å². The van der Waals surface area contributed by atoms with Crippen LogP contribution in [0.2, 0.25) is 0 Å². The van der Waals surface area contributed by atoms with E-state index < -0.39 is 52.6 Å². The molecule has 0 spiro atoms. The minimum absolute atomic E-state index is 0.833. The van der Waals surface area contributed by atoms with Gasteiger partial charge in [0.05, 0.1) is 5.56 Å². The summed E-state index contributed by atoms with van der Waals surface area (Å²) in [4.78, 5) is 18.0. The van der Waals surface area contributed by atoms with Crippen molar-refractivity contribution < 1.29 is 47.6 Å². The number of hydrogen-bond acceptors (Lipinski definition) is 4. The Labute approximate surface area is 122 Å². The molecule has 0 aliphatic heterocycles. The highest BCUT2D eigenvalue weighted by atomic mass is 19.2. The standard InChI is InChI=1S/C8H6F4O2.2C2H4O2/c1-2-4(9)6(11)3(8(13)14)7(12)5(2)10;2*1-2(3)4/h8,13-14H,1H3;2*1H3,(H,3,4). The van der Waals surface area contributed by atoms with Crippen LogP contribution in [0, 0.1) is 30.2 Å². The first-order valence-corrected chi connectivity index (χ1v) is 5.42.